The number of hydrogen-bond acceptors (Lipinski definition) is 7. The number of Topliss-reactive ketones (excluding diaryl/α,β-unsaturated/α-hetero) is 1. The third-order valence-corrected chi connectivity index (χ3v) is 6.93. The first kappa shape index (κ1) is 19.7. The van der Waals surface area contributed by atoms with E-state index < -0.39 is 17.8 Å². The van der Waals surface area contributed by atoms with E-state index in [1.165, 1.54) is 18.9 Å². The van der Waals surface area contributed by atoms with E-state index in [4.69, 9.17) is 9.47 Å². The van der Waals surface area contributed by atoms with E-state index >= 15 is 0 Å². The fourth-order valence-electron chi connectivity index (χ4n) is 3.65. The predicted octanol–water partition coefficient (Wildman–Crippen LogP) is 4.67. The number of thiophene rings is 1. The minimum Gasteiger partial charge on any atom is -0.497 e. The summed E-state index contributed by atoms with van der Waals surface area (Å²) in [6.07, 6.45) is 1.90. The summed E-state index contributed by atoms with van der Waals surface area (Å²) in [5.41, 5.74) is 1.87. The number of benzene rings is 1. The summed E-state index contributed by atoms with van der Waals surface area (Å²) >= 11 is 2.97. The van der Waals surface area contributed by atoms with Crippen LogP contribution in [-0.2, 0) is 14.3 Å². The second-order valence-corrected chi connectivity index (χ2v) is 8.70. The van der Waals surface area contributed by atoms with Crippen LogP contribution in [0.5, 0.6) is 5.75 Å². The molecule has 0 amide bonds. The molecule has 2 aliphatic heterocycles. The molecule has 1 aromatic carbocycles. The quantitative estimate of drug-likeness (QED) is 0.526. The van der Waals surface area contributed by atoms with Crippen molar-refractivity contribution in [3.05, 3.63) is 68.4 Å². The molecular formula is C22H19NO4S2. The van der Waals surface area contributed by atoms with Gasteiger partial charge in [0.05, 0.1) is 35.7 Å². The molecule has 3 heterocycles. The van der Waals surface area contributed by atoms with Gasteiger partial charge in [0.1, 0.15) is 5.75 Å². The average Bonchev–Trinajstić information content (AvgIpc) is 3.35. The number of thioether (sulfide) groups is 1. The van der Waals surface area contributed by atoms with Gasteiger partial charge in [-0.2, -0.15) is 0 Å². The number of aliphatic imine (C=N–C) groups is 1. The van der Waals surface area contributed by atoms with E-state index in [1.807, 2.05) is 47.9 Å². The average molecular weight is 426 g/mol. The number of esters is 1. The van der Waals surface area contributed by atoms with Crippen LogP contribution in [0.3, 0.4) is 0 Å². The van der Waals surface area contributed by atoms with E-state index in [9.17, 15) is 9.59 Å². The van der Waals surface area contributed by atoms with Crippen LogP contribution in [0, 0.1) is 5.92 Å². The zero-order chi connectivity index (χ0) is 20.5. The number of hydrogen-bond donors (Lipinski definition) is 0. The van der Waals surface area contributed by atoms with Crippen LogP contribution < -0.4 is 4.74 Å². The molecule has 7 heteroatoms. The van der Waals surface area contributed by atoms with Gasteiger partial charge in [-0.3, -0.25) is 4.79 Å². The van der Waals surface area contributed by atoms with Crippen LogP contribution in [-0.4, -0.2) is 31.0 Å². The third-order valence-electron chi connectivity index (χ3n) is 5.01. The van der Waals surface area contributed by atoms with Crippen LogP contribution in [0.25, 0.3) is 6.08 Å². The summed E-state index contributed by atoms with van der Waals surface area (Å²) < 4.78 is 10.3. The molecule has 29 heavy (non-hydrogen) atoms. The second-order valence-electron chi connectivity index (χ2n) is 6.66. The van der Waals surface area contributed by atoms with E-state index in [1.54, 1.807) is 25.4 Å². The number of nitrogens with zero attached hydrogens (tertiary/aromatic N) is 1. The third kappa shape index (κ3) is 3.56. The number of ketones is 1. The Kier molecular flexibility index (Phi) is 5.43. The smallest absolute Gasteiger partial charge is 0.336 e. The van der Waals surface area contributed by atoms with Gasteiger partial charge in [-0.1, -0.05) is 30.0 Å². The number of ether oxygens (including phenoxy) is 2. The van der Waals surface area contributed by atoms with Crippen molar-refractivity contribution >= 4 is 46.0 Å². The Morgan fingerprint density at radius 1 is 1.14 bits per heavy atom. The summed E-state index contributed by atoms with van der Waals surface area (Å²) in [6, 6.07) is 11.4. The summed E-state index contributed by atoms with van der Waals surface area (Å²) in [6.45, 7) is 1.79. The topological polar surface area (TPSA) is 65.0 Å². The van der Waals surface area contributed by atoms with Gasteiger partial charge in [0.25, 0.3) is 0 Å². The molecule has 148 valence electrons. The SMILES string of the molecule is COC(=O)C1=C(C)N=C2S/C(=C/c3cccs3)C(=O)C2C1c1ccc(OC)cc1. The van der Waals surface area contributed by atoms with Gasteiger partial charge < -0.3 is 9.47 Å². The summed E-state index contributed by atoms with van der Waals surface area (Å²) in [5, 5.41) is 2.70. The van der Waals surface area contributed by atoms with Gasteiger partial charge in [-0.25, -0.2) is 9.79 Å². The lowest BCUT2D eigenvalue weighted by molar-refractivity contribution is -0.136. The molecule has 2 aliphatic rings. The van der Waals surface area contributed by atoms with Crippen LogP contribution in [0.1, 0.15) is 23.3 Å². The molecule has 0 spiro atoms. The van der Waals surface area contributed by atoms with Crippen LogP contribution in [0.15, 0.2) is 62.9 Å². The first-order chi connectivity index (χ1) is 14.0. The Morgan fingerprint density at radius 3 is 2.52 bits per heavy atom. The first-order valence-corrected chi connectivity index (χ1v) is 10.7. The zero-order valence-electron chi connectivity index (χ0n) is 16.2. The predicted molar refractivity (Wildman–Crippen MR) is 116 cm³/mol. The van der Waals surface area contributed by atoms with Crippen molar-refractivity contribution in [2.45, 2.75) is 12.8 Å². The fraction of sp³-hybridized carbons (Fsp3) is 0.227. The molecule has 0 bridgehead atoms. The molecule has 1 aromatic heterocycles. The highest BCUT2D eigenvalue weighted by Gasteiger charge is 2.48. The normalized spacial score (nSPS) is 22.5. The van der Waals surface area contributed by atoms with Crippen molar-refractivity contribution in [2.24, 2.45) is 10.9 Å². The highest BCUT2D eigenvalue weighted by atomic mass is 32.2. The second kappa shape index (κ2) is 8.00. The highest BCUT2D eigenvalue weighted by Crippen LogP contribution is 2.49. The van der Waals surface area contributed by atoms with E-state index in [2.05, 4.69) is 4.99 Å². The number of carbonyl (C=O) groups excluding carboxylic acids is 2. The monoisotopic (exact) mass is 425 g/mol. The lowest BCUT2D eigenvalue weighted by Crippen LogP contribution is -2.31. The Hall–Kier alpha value is -2.64. The minimum atomic E-state index is -0.530. The van der Waals surface area contributed by atoms with E-state index in [0.717, 1.165) is 15.5 Å². The number of rotatable bonds is 4. The lowest BCUT2D eigenvalue weighted by atomic mass is 9.76. The highest BCUT2D eigenvalue weighted by molar-refractivity contribution is 8.19. The Morgan fingerprint density at radius 2 is 1.90 bits per heavy atom. The van der Waals surface area contributed by atoms with Crippen molar-refractivity contribution < 1.29 is 19.1 Å². The Bertz CT molecular complexity index is 1050. The van der Waals surface area contributed by atoms with Crippen molar-refractivity contribution in [3.63, 3.8) is 0 Å². The molecule has 2 atom stereocenters. The fourth-order valence-corrected chi connectivity index (χ4v) is 5.58. The molecule has 0 aliphatic carbocycles. The molecule has 0 radical (unpaired) electrons. The van der Waals surface area contributed by atoms with Crippen molar-refractivity contribution in [1.82, 2.24) is 0 Å². The molecule has 5 nitrogen and oxygen atoms in total. The standard InChI is InChI=1S/C22H19NO4S2/c1-12-17(22(25)27-3)18(13-6-8-14(26-2)9-7-13)19-20(24)16(29-21(19)23-12)11-15-5-4-10-28-15/h4-11,18-19H,1-3H3/b16-11+. The molecule has 4 rings (SSSR count). The van der Waals surface area contributed by atoms with Crippen molar-refractivity contribution in [2.75, 3.05) is 14.2 Å². The minimum absolute atomic E-state index is 0.0168. The maximum Gasteiger partial charge on any atom is 0.336 e. The van der Waals surface area contributed by atoms with Gasteiger partial charge in [0, 0.05) is 16.5 Å². The lowest BCUT2D eigenvalue weighted by Gasteiger charge is -2.28. The Labute approximate surface area is 177 Å². The first-order valence-electron chi connectivity index (χ1n) is 9.02. The van der Waals surface area contributed by atoms with Gasteiger partial charge in [0.15, 0.2) is 5.78 Å². The van der Waals surface area contributed by atoms with Crippen molar-refractivity contribution in [1.29, 1.82) is 0 Å². The van der Waals surface area contributed by atoms with E-state index in [0.29, 0.717) is 21.9 Å². The zero-order valence-corrected chi connectivity index (χ0v) is 17.8. The maximum absolute atomic E-state index is 13.4. The van der Waals surface area contributed by atoms with E-state index in [-0.39, 0.29) is 5.78 Å². The molecule has 0 saturated carbocycles. The summed E-state index contributed by atoms with van der Waals surface area (Å²) in [7, 11) is 2.95. The van der Waals surface area contributed by atoms with Crippen LogP contribution in [0.4, 0.5) is 0 Å². The molecular weight excluding hydrogens is 406 g/mol. The molecule has 2 aromatic rings. The Balaban J connectivity index is 1.81. The number of allylic oxidation sites excluding steroid dienone is 2. The molecule has 1 saturated heterocycles. The maximum atomic E-state index is 13.4. The van der Waals surface area contributed by atoms with Gasteiger partial charge >= 0.3 is 5.97 Å². The summed E-state index contributed by atoms with van der Waals surface area (Å²) in [4.78, 5) is 32.3. The van der Waals surface area contributed by atoms with Gasteiger partial charge in [0.2, 0.25) is 0 Å². The molecule has 0 N–H and O–H groups in total. The molecule has 2 unspecified atom stereocenters. The number of carbonyl (C=O) groups is 2. The van der Waals surface area contributed by atoms with Crippen molar-refractivity contribution in [3.8, 4) is 5.75 Å². The van der Waals surface area contributed by atoms with Gasteiger partial charge in [-0.15, -0.1) is 11.3 Å². The largest absolute Gasteiger partial charge is 0.497 e. The van der Waals surface area contributed by atoms with Crippen LogP contribution in [0.2, 0.25) is 0 Å². The summed E-state index contributed by atoms with van der Waals surface area (Å²) in [5.74, 6) is -0.742. The van der Waals surface area contributed by atoms with Crippen LogP contribution >= 0.6 is 23.1 Å². The molecule has 1 fully saturated rings. The number of methoxy groups -OCH3 is 2. The number of fused-ring (bicyclic) bond motifs is 1. The van der Waals surface area contributed by atoms with Gasteiger partial charge in [-0.05, 0) is 42.1 Å².